The van der Waals surface area contributed by atoms with E-state index in [1.165, 1.54) is 12.1 Å². The van der Waals surface area contributed by atoms with E-state index in [0.29, 0.717) is 5.69 Å². The normalized spacial score (nSPS) is 9.86. The molecule has 0 amide bonds. The molecule has 0 aromatic heterocycles. The highest BCUT2D eigenvalue weighted by molar-refractivity contribution is 5.89. The van der Waals surface area contributed by atoms with Gasteiger partial charge in [0.1, 0.15) is 5.82 Å². The summed E-state index contributed by atoms with van der Waals surface area (Å²) >= 11 is 0. The molecule has 1 aromatic carbocycles. The van der Waals surface area contributed by atoms with E-state index in [4.69, 9.17) is 5.11 Å². The molecule has 0 heterocycles. The minimum atomic E-state index is -1.25. The molecule has 0 aliphatic rings. The van der Waals surface area contributed by atoms with Crippen molar-refractivity contribution in [3.63, 3.8) is 0 Å². The van der Waals surface area contributed by atoms with Gasteiger partial charge in [-0.15, -0.1) is 0 Å². The van der Waals surface area contributed by atoms with Crippen molar-refractivity contribution in [2.24, 2.45) is 0 Å². The molecule has 0 unspecified atom stereocenters. The average molecular weight is 197 g/mol. The lowest BCUT2D eigenvalue weighted by Gasteiger charge is -2.05. The van der Waals surface area contributed by atoms with Crippen LogP contribution in [0.2, 0.25) is 0 Å². The molecule has 0 radical (unpaired) electrons. The lowest BCUT2D eigenvalue weighted by molar-refractivity contribution is 0.0692. The van der Waals surface area contributed by atoms with Gasteiger partial charge in [0.25, 0.3) is 0 Å². The number of rotatable bonds is 4. The van der Waals surface area contributed by atoms with Gasteiger partial charge in [0.15, 0.2) is 0 Å². The van der Waals surface area contributed by atoms with Crippen molar-refractivity contribution >= 4 is 11.7 Å². The van der Waals surface area contributed by atoms with Crippen LogP contribution in [0.25, 0.3) is 0 Å². The number of aromatic carboxylic acids is 1. The van der Waals surface area contributed by atoms with Crippen molar-refractivity contribution in [1.29, 1.82) is 0 Å². The van der Waals surface area contributed by atoms with Crippen molar-refractivity contribution in [2.45, 2.75) is 13.3 Å². The maximum atomic E-state index is 12.9. The molecule has 0 saturated carbocycles. The van der Waals surface area contributed by atoms with Crippen LogP contribution >= 0.6 is 0 Å². The molecular formula is C10H12FNO2. The summed E-state index contributed by atoms with van der Waals surface area (Å²) in [5.41, 5.74) is 0.330. The van der Waals surface area contributed by atoms with Crippen LogP contribution in [-0.2, 0) is 0 Å². The standard InChI is InChI=1S/C10H12FNO2/c1-2-5-12-7-3-4-9(11)8(6-7)10(13)14/h3-4,6,12H,2,5H2,1H3,(H,13,14). The maximum Gasteiger partial charge on any atom is 0.338 e. The molecule has 76 valence electrons. The number of halogens is 1. The summed E-state index contributed by atoms with van der Waals surface area (Å²) in [5, 5.41) is 11.6. The zero-order valence-corrected chi connectivity index (χ0v) is 7.88. The molecular weight excluding hydrogens is 185 g/mol. The Labute approximate surface area is 81.6 Å². The van der Waals surface area contributed by atoms with Crippen LogP contribution in [0.1, 0.15) is 23.7 Å². The Kier molecular flexibility index (Phi) is 3.45. The fraction of sp³-hybridized carbons (Fsp3) is 0.300. The van der Waals surface area contributed by atoms with Crippen molar-refractivity contribution < 1.29 is 14.3 Å². The zero-order valence-electron chi connectivity index (χ0n) is 7.88. The third-order valence-electron chi connectivity index (χ3n) is 1.78. The molecule has 3 nitrogen and oxygen atoms in total. The molecule has 0 spiro atoms. The van der Waals surface area contributed by atoms with E-state index in [0.717, 1.165) is 19.0 Å². The molecule has 0 saturated heterocycles. The monoisotopic (exact) mass is 197 g/mol. The summed E-state index contributed by atoms with van der Waals surface area (Å²) in [5.74, 6) is -1.96. The predicted octanol–water partition coefficient (Wildman–Crippen LogP) is 2.35. The highest BCUT2D eigenvalue weighted by atomic mass is 19.1. The van der Waals surface area contributed by atoms with Crippen molar-refractivity contribution in [3.05, 3.63) is 29.6 Å². The van der Waals surface area contributed by atoms with E-state index in [1.54, 1.807) is 0 Å². The molecule has 0 atom stereocenters. The van der Waals surface area contributed by atoms with E-state index in [1.807, 2.05) is 6.92 Å². The van der Waals surface area contributed by atoms with Crippen LogP contribution in [0.3, 0.4) is 0 Å². The predicted molar refractivity (Wildman–Crippen MR) is 52.1 cm³/mol. The van der Waals surface area contributed by atoms with Crippen LogP contribution in [0, 0.1) is 5.82 Å². The van der Waals surface area contributed by atoms with Gasteiger partial charge in [-0.05, 0) is 24.6 Å². The lowest BCUT2D eigenvalue weighted by Crippen LogP contribution is -2.04. The Morgan fingerprint density at radius 2 is 2.29 bits per heavy atom. The van der Waals surface area contributed by atoms with Crippen LogP contribution in [0.5, 0.6) is 0 Å². The summed E-state index contributed by atoms with van der Waals surface area (Å²) in [6.07, 6.45) is 0.930. The highest BCUT2D eigenvalue weighted by Crippen LogP contribution is 2.14. The Morgan fingerprint density at radius 3 is 2.86 bits per heavy atom. The number of benzene rings is 1. The lowest BCUT2D eigenvalue weighted by atomic mass is 10.2. The first-order chi connectivity index (χ1) is 6.65. The van der Waals surface area contributed by atoms with E-state index < -0.39 is 11.8 Å². The first kappa shape index (κ1) is 10.5. The number of carboxylic acid groups (broad SMARTS) is 1. The molecule has 0 aliphatic heterocycles. The van der Waals surface area contributed by atoms with Gasteiger partial charge in [0, 0.05) is 12.2 Å². The fourth-order valence-electron chi connectivity index (χ4n) is 1.07. The number of carbonyl (C=O) groups is 1. The van der Waals surface area contributed by atoms with E-state index in [9.17, 15) is 9.18 Å². The third kappa shape index (κ3) is 2.45. The topological polar surface area (TPSA) is 49.3 Å². The van der Waals surface area contributed by atoms with Gasteiger partial charge in [-0.3, -0.25) is 0 Å². The second kappa shape index (κ2) is 4.60. The van der Waals surface area contributed by atoms with Crippen LogP contribution in [0.15, 0.2) is 18.2 Å². The van der Waals surface area contributed by atoms with E-state index in [2.05, 4.69) is 5.32 Å². The van der Waals surface area contributed by atoms with Gasteiger partial charge in [-0.1, -0.05) is 6.92 Å². The first-order valence-electron chi connectivity index (χ1n) is 4.42. The molecule has 0 bridgehead atoms. The number of anilines is 1. The summed E-state index contributed by atoms with van der Waals surface area (Å²) in [4.78, 5) is 10.6. The number of carboxylic acids is 1. The van der Waals surface area contributed by atoms with Crippen molar-refractivity contribution in [1.82, 2.24) is 0 Å². The van der Waals surface area contributed by atoms with E-state index in [-0.39, 0.29) is 5.56 Å². The molecule has 0 aliphatic carbocycles. The van der Waals surface area contributed by atoms with Crippen LogP contribution < -0.4 is 5.32 Å². The molecule has 0 fully saturated rings. The average Bonchev–Trinajstić information content (AvgIpc) is 2.16. The molecule has 1 rings (SSSR count). The zero-order chi connectivity index (χ0) is 10.6. The smallest absolute Gasteiger partial charge is 0.338 e. The molecule has 1 aromatic rings. The fourth-order valence-corrected chi connectivity index (χ4v) is 1.07. The maximum absolute atomic E-state index is 12.9. The van der Waals surface area contributed by atoms with Gasteiger partial charge in [-0.25, -0.2) is 9.18 Å². The van der Waals surface area contributed by atoms with Crippen molar-refractivity contribution in [2.75, 3.05) is 11.9 Å². The van der Waals surface area contributed by atoms with Crippen LogP contribution in [0.4, 0.5) is 10.1 Å². The molecule has 14 heavy (non-hydrogen) atoms. The second-order valence-corrected chi connectivity index (χ2v) is 2.93. The Hall–Kier alpha value is -1.58. The SMILES string of the molecule is CCCNc1ccc(F)c(C(=O)O)c1. The Morgan fingerprint density at radius 1 is 1.57 bits per heavy atom. The summed E-state index contributed by atoms with van der Waals surface area (Å²) in [6, 6.07) is 3.98. The molecule has 4 heteroatoms. The summed E-state index contributed by atoms with van der Waals surface area (Å²) in [7, 11) is 0. The summed E-state index contributed by atoms with van der Waals surface area (Å²) < 4.78 is 12.9. The largest absolute Gasteiger partial charge is 0.478 e. The Bertz CT molecular complexity index is 339. The highest BCUT2D eigenvalue weighted by Gasteiger charge is 2.10. The quantitative estimate of drug-likeness (QED) is 0.778. The third-order valence-corrected chi connectivity index (χ3v) is 1.78. The van der Waals surface area contributed by atoms with Crippen LogP contribution in [-0.4, -0.2) is 17.6 Å². The minimum absolute atomic E-state index is 0.300. The van der Waals surface area contributed by atoms with Gasteiger partial charge in [-0.2, -0.15) is 0 Å². The number of nitrogens with one attached hydrogen (secondary N) is 1. The minimum Gasteiger partial charge on any atom is -0.478 e. The molecule has 2 N–H and O–H groups in total. The van der Waals surface area contributed by atoms with Crippen molar-refractivity contribution in [3.8, 4) is 0 Å². The second-order valence-electron chi connectivity index (χ2n) is 2.93. The van der Waals surface area contributed by atoms with Gasteiger partial charge < -0.3 is 10.4 Å². The van der Waals surface area contributed by atoms with Gasteiger partial charge in [0.2, 0.25) is 0 Å². The summed E-state index contributed by atoms with van der Waals surface area (Å²) in [6.45, 7) is 2.74. The number of hydrogen-bond donors (Lipinski definition) is 2. The van der Waals surface area contributed by atoms with Gasteiger partial charge >= 0.3 is 5.97 Å². The number of hydrogen-bond acceptors (Lipinski definition) is 2. The van der Waals surface area contributed by atoms with E-state index >= 15 is 0 Å². The first-order valence-corrected chi connectivity index (χ1v) is 4.42. The van der Waals surface area contributed by atoms with Gasteiger partial charge in [0.05, 0.1) is 5.56 Å². The Balaban J connectivity index is 2.89.